The first-order chi connectivity index (χ1) is 49.1. The minimum absolute atomic E-state index is 0.0116. The number of hydrogen-bond acceptors (Lipinski definition) is 23. The van der Waals surface area contributed by atoms with Crippen molar-refractivity contribution in [1.82, 2.24) is 28.6 Å². The van der Waals surface area contributed by atoms with Crippen LogP contribution in [-0.4, -0.2) is 105 Å². The third-order valence-electron chi connectivity index (χ3n) is 12.8. The summed E-state index contributed by atoms with van der Waals surface area (Å²) in [5.74, 6) is -0.335. The van der Waals surface area contributed by atoms with Crippen molar-refractivity contribution >= 4 is 116 Å². The van der Waals surface area contributed by atoms with E-state index in [4.69, 9.17) is 36.1 Å². The molecule has 2 amide bonds. The van der Waals surface area contributed by atoms with E-state index >= 15 is 0 Å². The molecule has 2 heterocycles. The Morgan fingerprint density at radius 1 is 0.557 bits per heavy atom. The smallest absolute Gasteiger partial charge is 0.369 e. The second kappa shape index (κ2) is 46.8. The van der Waals surface area contributed by atoms with Crippen molar-refractivity contribution < 1.29 is 77.8 Å². The molecule has 29 nitrogen and oxygen atoms in total. The van der Waals surface area contributed by atoms with Crippen molar-refractivity contribution in [1.29, 1.82) is 31.6 Å². The molecule has 0 spiro atoms. The van der Waals surface area contributed by atoms with Gasteiger partial charge in [-0.25, -0.2) is 70.7 Å². The number of alkyl halides is 3. The van der Waals surface area contributed by atoms with Gasteiger partial charge >= 0.3 is 16.3 Å². The molecule has 6 aromatic rings. The Hall–Kier alpha value is -8.18. The zero-order valence-corrected chi connectivity index (χ0v) is 67.4. The van der Waals surface area contributed by atoms with Crippen molar-refractivity contribution in [2.45, 2.75) is 167 Å². The molecule has 106 heavy (non-hydrogen) atoms. The van der Waals surface area contributed by atoms with Gasteiger partial charge in [0.25, 0.3) is 10.0 Å². The molecule has 2 aromatic heterocycles. The summed E-state index contributed by atoms with van der Waals surface area (Å²) in [6.45, 7) is 20.8. The predicted molar refractivity (Wildman–Crippen MR) is 397 cm³/mol. The van der Waals surface area contributed by atoms with E-state index in [1.807, 2.05) is 87.9 Å². The number of sulfonamides is 5. The van der Waals surface area contributed by atoms with E-state index in [-0.39, 0.29) is 107 Å². The van der Waals surface area contributed by atoms with Crippen LogP contribution in [0.5, 0.6) is 0 Å². The standard InChI is InChI=1S/C18H28N2O2S.C12H16N2O2S.C10H9F3N2O2S.C9H9BrN2O2S.C9H12N4O3S2.C4H4O3S2.C3H4N2O/c1-12(2)15-10-16(13(3)4)18(17(11-15)14(5)6)23(21,22)20-9-7-8-19;1-9-7-10(2)12(11(3)8-9)17(15,16)14-6-4-5-13;11-10(12,13)8-4-1-2-5-9(8)18(16,17)15-7-3-6-14;10-8-4-1-2-5-9(8)15(13,14)12-7-3-6-11;1-6-8(17-9(12-6)13-7(2)14)18(15,16)11-5-3-4-10;5-9(6,7)4-2-1-3-8-4;4-2-1-3(5)6/h10-14,20H,7,9H2,1-6H3;7-8,14H,4,6H2,1-3H3;1-2,4-5,15H,3,7H2;1-2,4-5,12H,3,7H2;11H,3,5H2,1-2H3,(H,12,13,14);1-3H,(H,5,6,7);1H2,(H2,5,6). The van der Waals surface area contributed by atoms with Gasteiger partial charge in [0.05, 0.1) is 67.3 Å². The number of aryl methyl sites for hydroxylation is 4. The van der Waals surface area contributed by atoms with Crippen molar-refractivity contribution in [3.8, 4) is 36.4 Å². The number of carbonyl (C=O) groups is 2. The van der Waals surface area contributed by atoms with Crippen LogP contribution in [0.3, 0.4) is 0 Å². The van der Waals surface area contributed by atoms with Crippen LogP contribution in [0, 0.1) is 95.7 Å². The number of thiophene rings is 1. The quantitative estimate of drug-likeness (QED) is 0.0185. The molecule has 41 heteroatoms. The molecule has 0 saturated carbocycles. The molecule has 0 atom stereocenters. The molecule has 0 aliphatic rings. The highest BCUT2D eigenvalue weighted by Gasteiger charge is 2.37. The van der Waals surface area contributed by atoms with E-state index in [1.165, 1.54) is 25.1 Å². The summed E-state index contributed by atoms with van der Waals surface area (Å²) in [6, 6.07) is 31.9. The highest BCUT2D eigenvalue weighted by Crippen LogP contribution is 2.36. The Bertz CT molecular complexity index is 4860. The number of carbonyl (C=O) groups excluding carboxylic acids is 2. The molecule has 0 unspecified atom stereocenters. The first-order valence-corrected chi connectivity index (χ1v) is 42.4. The van der Waals surface area contributed by atoms with Gasteiger partial charge in [0, 0.05) is 76.2 Å². The minimum Gasteiger partial charge on any atom is -0.369 e. The summed E-state index contributed by atoms with van der Waals surface area (Å²) in [6.07, 6.45) is -4.46. The average molecular weight is 1690 g/mol. The second-order valence-electron chi connectivity index (χ2n) is 22.5. The van der Waals surface area contributed by atoms with Crippen LogP contribution in [0.1, 0.15) is 149 Å². The fraction of sp³-hybridized carbons (Fsp3) is 0.400. The number of halogens is 4. The van der Waals surface area contributed by atoms with Gasteiger partial charge in [-0.2, -0.15) is 53.2 Å². The molecule has 9 N–H and O–H groups in total. The summed E-state index contributed by atoms with van der Waals surface area (Å²) in [5.41, 5.74) is 8.99. The largest absolute Gasteiger partial charge is 0.417 e. The number of primary amides is 1. The minimum atomic E-state index is -4.75. The molecule has 4 aromatic carbocycles. The van der Waals surface area contributed by atoms with E-state index in [2.05, 4.69) is 64.7 Å². The van der Waals surface area contributed by atoms with Gasteiger partial charge in [-0.1, -0.05) is 113 Å². The lowest BCUT2D eigenvalue weighted by atomic mass is 9.89. The maximum atomic E-state index is 12.8. The van der Waals surface area contributed by atoms with Gasteiger partial charge < -0.3 is 11.1 Å². The molecule has 578 valence electrons. The number of nitriles is 6. The lowest BCUT2D eigenvalue weighted by Gasteiger charge is -2.22. The average Bonchev–Trinajstić information content (AvgIpc) is 1.05. The van der Waals surface area contributed by atoms with Crippen LogP contribution < -0.4 is 34.7 Å². The van der Waals surface area contributed by atoms with Crippen molar-refractivity contribution in [2.24, 2.45) is 5.73 Å². The molecule has 0 aliphatic carbocycles. The van der Waals surface area contributed by atoms with E-state index < -0.39 is 82.8 Å². The number of amides is 2. The maximum absolute atomic E-state index is 12.8. The fourth-order valence-electron chi connectivity index (χ4n) is 8.28. The Labute approximate surface area is 635 Å². The Kier molecular flexibility index (Phi) is 43.2. The molecule has 6 rings (SSSR count). The third kappa shape index (κ3) is 35.5. The summed E-state index contributed by atoms with van der Waals surface area (Å²) in [7, 11) is -22.5. The lowest BCUT2D eigenvalue weighted by Crippen LogP contribution is -2.27. The van der Waals surface area contributed by atoms with Gasteiger partial charge in [-0.05, 0) is 125 Å². The maximum Gasteiger partial charge on any atom is 0.417 e. The Morgan fingerprint density at radius 3 is 1.29 bits per heavy atom. The zero-order chi connectivity index (χ0) is 81.6. The summed E-state index contributed by atoms with van der Waals surface area (Å²) >= 11 is 5.03. The zero-order valence-electron chi connectivity index (χ0n) is 59.3. The highest BCUT2D eigenvalue weighted by molar-refractivity contribution is 9.10. The highest BCUT2D eigenvalue weighted by atomic mass is 79.9. The Balaban J connectivity index is 0.00000124. The summed E-state index contributed by atoms with van der Waals surface area (Å²) < 4.78 is 199. The number of nitrogens with two attached hydrogens (primary N) is 1. The van der Waals surface area contributed by atoms with Crippen molar-refractivity contribution in [2.75, 3.05) is 38.0 Å². The van der Waals surface area contributed by atoms with Gasteiger partial charge in [0.15, 0.2) is 9.34 Å². The molecular weight excluding hydrogens is 1610 g/mol. The van der Waals surface area contributed by atoms with Gasteiger partial charge in [-0.3, -0.25) is 14.1 Å². The molecule has 0 radical (unpaired) electrons. The molecule has 0 saturated heterocycles. The number of benzene rings is 4. The summed E-state index contributed by atoms with van der Waals surface area (Å²) in [5, 5.41) is 53.9. The second-order valence-corrected chi connectivity index (χ2v) is 35.7. The number of nitrogens with one attached hydrogen (secondary N) is 6. The Morgan fingerprint density at radius 2 is 0.953 bits per heavy atom. The SMILES string of the molecule is CC(=O)Nc1nc(C)c(S(=O)(=O)NCCC#N)s1.CC(C)c1cc(C(C)C)c(S(=O)(=O)NCCC#N)c(C(C)C)c1.Cc1cc(C)c(S(=O)(=O)NCCC#N)c(C)c1.N#CCC(N)=O.N#CCCNS(=O)(=O)c1ccccc1Br.N#CCCNS(=O)(=O)c1ccccc1C(F)(F)F.O=S(=O)(O)c1cccs1. The molecular formula is C65H82BrF3N14O15S8. The third-order valence-corrected chi connectivity index (χ3v) is 25.5. The number of thiazole rings is 1. The normalized spacial score (nSPS) is 11.3. The van der Waals surface area contributed by atoms with E-state index in [0.29, 0.717) is 31.9 Å². The number of rotatable bonds is 26. The molecule has 0 aliphatic heterocycles. The van der Waals surface area contributed by atoms with Crippen molar-refractivity contribution in [3.05, 3.63) is 139 Å². The van der Waals surface area contributed by atoms with Crippen LogP contribution in [-0.2, 0) is 76.0 Å². The number of aromatic nitrogens is 1. The molecule has 0 fully saturated rings. The van der Waals surface area contributed by atoms with Crippen LogP contribution in [0.2, 0.25) is 0 Å². The van der Waals surface area contributed by atoms with Crippen molar-refractivity contribution in [3.63, 3.8) is 0 Å². The summed E-state index contributed by atoms with van der Waals surface area (Å²) in [4.78, 5) is 24.5. The lowest BCUT2D eigenvalue weighted by molar-refractivity contribution is -0.140. The van der Waals surface area contributed by atoms with E-state index in [9.17, 15) is 73.3 Å². The van der Waals surface area contributed by atoms with E-state index in [0.717, 1.165) is 68.2 Å². The van der Waals surface area contributed by atoms with Crippen LogP contribution in [0.15, 0.2) is 123 Å². The monoisotopic (exact) mass is 1690 g/mol. The van der Waals surface area contributed by atoms with Gasteiger partial charge in [0.1, 0.15) is 10.6 Å². The number of anilines is 1. The van der Waals surface area contributed by atoms with Crippen LogP contribution >= 0.6 is 38.6 Å². The van der Waals surface area contributed by atoms with E-state index in [1.54, 1.807) is 62.6 Å². The van der Waals surface area contributed by atoms with Gasteiger partial charge in [0.2, 0.25) is 51.9 Å². The fourth-order valence-corrected chi connectivity index (χ4v) is 18.7. The topological polar surface area (TPSA) is 513 Å². The predicted octanol–water partition coefficient (Wildman–Crippen LogP) is 10.6. The first kappa shape index (κ1) is 97.8. The van der Waals surface area contributed by atoms with Gasteiger partial charge in [-0.15, -0.1) is 11.3 Å². The van der Waals surface area contributed by atoms with Crippen LogP contribution in [0.4, 0.5) is 18.3 Å². The van der Waals surface area contributed by atoms with Crippen LogP contribution in [0.25, 0.3) is 0 Å². The first-order valence-electron chi connectivity index (χ1n) is 31.0. The number of hydrogen-bond donors (Lipinski definition) is 8. The molecule has 0 bridgehead atoms. The number of nitrogens with zero attached hydrogens (tertiary/aromatic N) is 7.